The van der Waals surface area contributed by atoms with Crippen LogP contribution in [-0.4, -0.2) is 46.3 Å². The minimum absolute atomic E-state index is 0.00569. The molecule has 0 aliphatic carbocycles. The standard InChI is InChI=1S/C15H17FN4O2/c16-11-1-3-12(4-2-11)20-9-18-7-13(20)15(22)19-6-10-5-17-8-14(10)21/h1-4,7,9-10,14,17,21H,5-6,8H2,(H,19,22). The van der Waals surface area contributed by atoms with Gasteiger partial charge in [-0.25, -0.2) is 9.37 Å². The normalized spacial score (nSPS) is 21.0. The van der Waals surface area contributed by atoms with Gasteiger partial charge in [0.1, 0.15) is 11.5 Å². The zero-order valence-electron chi connectivity index (χ0n) is 11.9. The summed E-state index contributed by atoms with van der Waals surface area (Å²) < 4.78 is 14.6. The number of β-amino-alcohol motifs (C(OH)–C–C–N with tert-alkyl or cyclic N) is 1. The largest absolute Gasteiger partial charge is 0.391 e. The van der Waals surface area contributed by atoms with Crippen LogP contribution in [-0.2, 0) is 0 Å². The summed E-state index contributed by atoms with van der Waals surface area (Å²) in [6, 6.07) is 5.83. The first-order valence-corrected chi connectivity index (χ1v) is 7.10. The van der Waals surface area contributed by atoms with Crippen molar-refractivity contribution < 1.29 is 14.3 Å². The van der Waals surface area contributed by atoms with Gasteiger partial charge < -0.3 is 15.7 Å². The molecule has 0 saturated carbocycles. The van der Waals surface area contributed by atoms with Gasteiger partial charge in [-0.05, 0) is 24.3 Å². The summed E-state index contributed by atoms with van der Waals surface area (Å²) in [5.41, 5.74) is 1.03. The minimum atomic E-state index is -0.442. The lowest BCUT2D eigenvalue weighted by Crippen LogP contribution is -2.35. The number of halogens is 1. The summed E-state index contributed by atoms with van der Waals surface area (Å²) in [4.78, 5) is 16.3. The van der Waals surface area contributed by atoms with E-state index in [0.29, 0.717) is 31.0 Å². The molecule has 1 fully saturated rings. The van der Waals surface area contributed by atoms with Crippen molar-refractivity contribution in [2.45, 2.75) is 6.10 Å². The molecule has 7 heteroatoms. The highest BCUT2D eigenvalue weighted by molar-refractivity contribution is 5.93. The molecule has 0 spiro atoms. The van der Waals surface area contributed by atoms with E-state index in [1.807, 2.05) is 0 Å². The second-order valence-corrected chi connectivity index (χ2v) is 5.32. The molecule has 1 saturated heterocycles. The van der Waals surface area contributed by atoms with E-state index < -0.39 is 6.10 Å². The summed E-state index contributed by atoms with van der Waals surface area (Å²) in [6.45, 7) is 1.62. The number of benzene rings is 1. The number of aromatic nitrogens is 2. The Hall–Kier alpha value is -2.25. The van der Waals surface area contributed by atoms with Crippen molar-refractivity contribution in [3.8, 4) is 5.69 Å². The third kappa shape index (κ3) is 3.00. The second-order valence-electron chi connectivity index (χ2n) is 5.32. The van der Waals surface area contributed by atoms with Gasteiger partial charge >= 0.3 is 0 Å². The number of carbonyl (C=O) groups excluding carboxylic acids is 1. The molecule has 6 nitrogen and oxygen atoms in total. The summed E-state index contributed by atoms with van der Waals surface area (Å²) in [5, 5.41) is 15.6. The molecule has 3 rings (SSSR count). The van der Waals surface area contributed by atoms with Crippen LogP contribution < -0.4 is 10.6 Å². The Morgan fingerprint density at radius 1 is 1.41 bits per heavy atom. The van der Waals surface area contributed by atoms with Crippen LogP contribution in [0.5, 0.6) is 0 Å². The Bertz CT molecular complexity index is 656. The molecule has 1 amide bonds. The fourth-order valence-corrected chi connectivity index (χ4v) is 2.51. The van der Waals surface area contributed by atoms with Crippen LogP contribution in [0.3, 0.4) is 0 Å². The topological polar surface area (TPSA) is 79.2 Å². The Morgan fingerprint density at radius 2 is 2.18 bits per heavy atom. The van der Waals surface area contributed by atoms with Crippen molar-refractivity contribution in [2.75, 3.05) is 19.6 Å². The molecule has 1 aliphatic rings. The number of amides is 1. The third-order valence-electron chi connectivity index (χ3n) is 3.80. The van der Waals surface area contributed by atoms with Crippen LogP contribution in [0.4, 0.5) is 4.39 Å². The van der Waals surface area contributed by atoms with Gasteiger partial charge in [0.05, 0.1) is 18.6 Å². The lowest BCUT2D eigenvalue weighted by atomic mass is 10.1. The van der Waals surface area contributed by atoms with Gasteiger partial charge in [-0.1, -0.05) is 0 Å². The van der Waals surface area contributed by atoms with Crippen LogP contribution in [0.15, 0.2) is 36.8 Å². The molecule has 22 heavy (non-hydrogen) atoms. The van der Waals surface area contributed by atoms with Gasteiger partial charge in [0.25, 0.3) is 5.91 Å². The van der Waals surface area contributed by atoms with E-state index >= 15 is 0 Å². The molecule has 1 aromatic heterocycles. The van der Waals surface area contributed by atoms with Crippen LogP contribution in [0, 0.1) is 11.7 Å². The molecule has 2 atom stereocenters. The maximum Gasteiger partial charge on any atom is 0.269 e. The summed E-state index contributed by atoms with van der Waals surface area (Å²) in [7, 11) is 0. The number of nitrogens with zero attached hydrogens (tertiary/aromatic N) is 2. The third-order valence-corrected chi connectivity index (χ3v) is 3.80. The van der Waals surface area contributed by atoms with Gasteiger partial charge in [0.15, 0.2) is 0 Å². The van der Waals surface area contributed by atoms with Gasteiger partial charge in [-0.15, -0.1) is 0 Å². The molecule has 116 valence electrons. The zero-order valence-corrected chi connectivity index (χ0v) is 11.9. The number of hydrogen-bond donors (Lipinski definition) is 3. The van der Waals surface area contributed by atoms with E-state index in [-0.39, 0.29) is 17.6 Å². The summed E-state index contributed by atoms with van der Waals surface area (Å²) >= 11 is 0. The second kappa shape index (κ2) is 6.25. The summed E-state index contributed by atoms with van der Waals surface area (Å²) in [5.74, 6) is -0.607. The predicted octanol–water partition coefficient (Wildman–Crippen LogP) is 0.322. The van der Waals surface area contributed by atoms with Crippen molar-refractivity contribution >= 4 is 5.91 Å². The first-order chi connectivity index (χ1) is 10.6. The lowest BCUT2D eigenvalue weighted by molar-refractivity contribution is 0.0920. The molecule has 1 aliphatic heterocycles. The summed E-state index contributed by atoms with van der Waals surface area (Å²) in [6.07, 6.45) is 2.53. The van der Waals surface area contributed by atoms with E-state index in [4.69, 9.17) is 0 Å². The minimum Gasteiger partial charge on any atom is -0.391 e. The first kappa shape index (κ1) is 14.7. The van der Waals surface area contributed by atoms with Crippen molar-refractivity contribution in [1.82, 2.24) is 20.2 Å². The van der Waals surface area contributed by atoms with Crippen LogP contribution in [0.1, 0.15) is 10.5 Å². The van der Waals surface area contributed by atoms with E-state index in [0.717, 1.165) is 0 Å². The fourth-order valence-electron chi connectivity index (χ4n) is 2.51. The van der Waals surface area contributed by atoms with E-state index in [1.165, 1.54) is 24.7 Å². The Kier molecular flexibility index (Phi) is 4.17. The highest BCUT2D eigenvalue weighted by Gasteiger charge is 2.25. The van der Waals surface area contributed by atoms with Crippen molar-refractivity contribution in [1.29, 1.82) is 0 Å². The molecule has 2 aromatic rings. The molecule has 0 bridgehead atoms. The van der Waals surface area contributed by atoms with Gasteiger partial charge in [0.2, 0.25) is 0 Å². The quantitative estimate of drug-likeness (QED) is 0.760. The molecular weight excluding hydrogens is 287 g/mol. The number of hydrogen-bond acceptors (Lipinski definition) is 4. The highest BCUT2D eigenvalue weighted by Crippen LogP contribution is 2.13. The van der Waals surface area contributed by atoms with E-state index in [2.05, 4.69) is 15.6 Å². The SMILES string of the molecule is O=C(NCC1CNCC1O)c1cncn1-c1ccc(F)cc1. The van der Waals surface area contributed by atoms with Crippen molar-refractivity contribution in [2.24, 2.45) is 5.92 Å². The van der Waals surface area contributed by atoms with Crippen LogP contribution in [0.2, 0.25) is 0 Å². The molecule has 2 unspecified atom stereocenters. The number of rotatable bonds is 4. The molecule has 3 N–H and O–H groups in total. The molecular formula is C15H17FN4O2. The number of aliphatic hydroxyl groups excluding tert-OH is 1. The van der Waals surface area contributed by atoms with Crippen LogP contribution in [0.25, 0.3) is 5.69 Å². The first-order valence-electron chi connectivity index (χ1n) is 7.10. The average Bonchev–Trinajstić information content (AvgIpc) is 3.15. The van der Waals surface area contributed by atoms with Crippen LogP contribution >= 0.6 is 0 Å². The number of imidazole rings is 1. The van der Waals surface area contributed by atoms with Crippen molar-refractivity contribution in [3.63, 3.8) is 0 Å². The number of aliphatic hydroxyl groups is 1. The molecule has 0 radical (unpaired) electrons. The van der Waals surface area contributed by atoms with E-state index in [1.54, 1.807) is 16.7 Å². The monoisotopic (exact) mass is 304 g/mol. The molecule has 1 aromatic carbocycles. The van der Waals surface area contributed by atoms with Gasteiger partial charge in [-0.2, -0.15) is 0 Å². The van der Waals surface area contributed by atoms with Crippen molar-refractivity contribution in [3.05, 3.63) is 48.3 Å². The number of nitrogens with one attached hydrogen (secondary N) is 2. The Balaban J connectivity index is 1.71. The molecule has 2 heterocycles. The Labute approximate surface area is 127 Å². The fraction of sp³-hybridized carbons (Fsp3) is 0.333. The zero-order chi connectivity index (χ0) is 15.5. The maximum atomic E-state index is 13.0. The highest BCUT2D eigenvalue weighted by atomic mass is 19.1. The Morgan fingerprint density at radius 3 is 2.86 bits per heavy atom. The lowest BCUT2D eigenvalue weighted by Gasteiger charge is -2.14. The number of carbonyl (C=O) groups is 1. The van der Waals surface area contributed by atoms with E-state index in [9.17, 15) is 14.3 Å². The van der Waals surface area contributed by atoms with Gasteiger partial charge in [0, 0.05) is 31.2 Å². The predicted molar refractivity (Wildman–Crippen MR) is 78.2 cm³/mol. The average molecular weight is 304 g/mol. The smallest absolute Gasteiger partial charge is 0.269 e. The maximum absolute atomic E-state index is 13.0. The van der Waals surface area contributed by atoms with Gasteiger partial charge in [-0.3, -0.25) is 9.36 Å².